The van der Waals surface area contributed by atoms with Gasteiger partial charge in [-0.15, -0.1) is 0 Å². The van der Waals surface area contributed by atoms with Gasteiger partial charge in [0.15, 0.2) is 0 Å². The molecule has 0 radical (unpaired) electrons. The summed E-state index contributed by atoms with van der Waals surface area (Å²) in [5.41, 5.74) is 3.06. The van der Waals surface area contributed by atoms with E-state index in [0.717, 1.165) is 15.6 Å². The van der Waals surface area contributed by atoms with E-state index >= 15 is 0 Å². The third-order valence-corrected chi connectivity index (χ3v) is 7.30. The molecule has 0 spiro atoms. The quantitative estimate of drug-likeness (QED) is 0.487. The lowest BCUT2D eigenvalue weighted by Gasteiger charge is -2.26. The van der Waals surface area contributed by atoms with Gasteiger partial charge in [-0.2, -0.15) is 0 Å². The van der Waals surface area contributed by atoms with Gasteiger partial charge >= 0.3 is 0 Å². The SMILES string of the molecule is Cc1ccc(S(=O)(=O)N(CC(=O)NCCN(C)c2ccccc2)c2ccc(Cl)cc2C)cc1. The summed E-state index contributed by atoms with van der Waals surface area (Å²) >= 11 is 6.07. The molecule has 0 aliphatic carbocycles. The van der Waals surface area contributed by atoms with E-state index in [1.165, 1.54) is 0 Å². The third-order valence-electron chi connectivity index (χ3n) is 5.29. The standard InChI is InChI=1S/C25H28ClN3O3S/c1-19-9-12-23(13-10-19)33(31,32)29(24-14-11-21(26)17-20(24)2)18-25(30)27-15-16-28(3)22-7-5-4-6-8-22/h4-14,17H,15-16,18H2,1-3H3,(H,27,30). The number of nitrogens with one attached hydrogen (secondary N) is 1. The van der Waals surface area contributed by atoms with Crippen molar-refractivity contribution in [1.29, 1.82) is 0 Å². The van der Waals surface area contributed by atoms with E-state index in [0.29, 0.717) is 29.4 Å². The van der Waals surface area contributed by atoms with E-state index in [1.807, 2.05) is 49.2 Å². The molecule has 0 saturated heterocycles. The minimum atomic E-state index is -3.97. The van der Waals surface area contributed by atoms with Crippen molar-refractivity contribution in [2.24, 2.45) is 0 Å². The van der Waals surface area contributed by atoms with Crippen LogP contribution in [0.4, 0.5) is 11.4 Å². The minimum Gasteiger partial charge on any atom is -0.373 e. The maximum Gasteiger partial charge on any atom is 0.264 e. The summed E-state index contributed by atoms with van der Waals surface area (Å²) < 4.78 is 28.1. The van der Waals surface area contributed by atoms with E-state index < -0.39 is 10.0 Å². The van der Waals surface area contributed by atoms with Crippen molar-refractivity contribution in [3.8, 4) is 0 Å². The molecule has 1 N–H and O–H groups in total. The monoisotopic (exact) mass is 485 g/mol. The summed E-state index contributed by atoms with van der Waals surface area (Å²) in [6.07, 6.45) is 0. The van der Waals surface area contributed by atoms with Crippen molar-refractivity contribution in [3.05, 3.63) is 88.9 Å². The summed E-state index contributed by atoms with van der Waals surface area (Å²) in [6, 6.07) is 21.3. The van der Waals surface area contributed by atoms with Gasteiger partial charge in [0.05, 0.1) is 10.6 Å². The molecule has 174 valence electrons. The molecule has 3 aromatic carbocycles. The number of amides is 1. The zero-order chi connectivity index (χ0) is 24.0. The van der Waals surface area contributed by atoms with Crippen LogP contribution in [0.15, 0.2) is 77.7 Å². The van der Waals surface area contributed by atoms with Crippen LogP contribution in [0.1, 0.15) is 11.1 Å². The molecule has 0 saturated carbocycles. The normalized spacial score (nSPS) is 11.2. The summed E-state index contributed by atoms with van der Waals surface area (Å²) in [6.45, 7) is 4.28. The second-order valence-corrected chi connectivity index (χ2v) is 10.2. The Morgan fingerprint density at radius 2 is 1.64 bits per heavy atom. The number of carbonyl (C=O) groups is 1. The predicted octanol–water partition coefficient (Wildman–Crippen LogP) is 4.40. The number of halogens is 1. The van der Waals surface area contributed by atoms with E-state index in [-0.39, 0.29) is 17.3 Å². The van der Waals surface area contributed by atoms with Crippen LogP contribution in [0.25, 0.3) is 0 Å². The first kappa shape index (κ1) is 24.6. The second-order valence-electron chi connectivity index (χ2n) is 7.86. The van der Waals surface area contributed by atoms with Gasteiger partial charge in [0.1, 0.15) is 6.54 Å². The van der Waals surface area contributed by atoms with Crippen LogP contribution >= 0.6 is 11.6 Å². The smallest absolute Gasteiger partial charge is 0.264 e. The van der Waals surface area contributed by atoms with Crippen molar-refractivity contribution in [1.82, 2.24) is 5.32 Å². The number of hydrogen-bond donors (Lipinski definition) is 1. The van der Waals surface area contributed by atoms with E-state index in [9.17, 15) is 13.2 Å². The molecule has 0 fully saturated rings. The van der Waals surface area contributed by atoms with Crippen LogP contribution in [0.2, 0.25) is 5.02 Å². The summed E-state index contributed by atoms with van der Waals surface area (Å²) in [5, 5.41) is 3.33. The zero-order valence-corrected chi connectivity index (χ0v) is 20.5. The third kappa shape index (κ3) is 6.27. The number of nitrogens with zero attached hydrogens (tertiary/aromatic N) is 2. The first-order valence-electron chi connectivity index (χ1n) is 10.6. The summed E-state index contributed by atoms with van der Waals surface area (Å²) in [4.78, 5) is 14.9. The Hall–Kier alpha value is -3.03. The van der Waals surface area contributed by atoms with Gasteiger partial charge in [0.25, 0.3) is 10.0 Å². The number of benzene rings is 3. The fraction of sp³-hybridized carbons (Fsp3) is 0.240. The first-order chi connectivity index (χ1) is 15.7. The molecule has 6 nitrogen and oxygen atoms in total. The number of anilines is 2. The molecule has 0 aromatic heterocycles. The average molecular weight is 486 g/mol. The lowest BCUT2D eigenvalue weighted by molar-refractivity contribution is -0.119. The van der Waals surface area contributed by atoms with Gasteiger partial charge in [-0.3, -0.25) is 9.10 Å². The Bertz CT molecular complexity index is 1200. The Balaban J connectivity index is 1.78. The van der Waals surface area contributed by atoms with Gasteiger partial charge in [-0.05, 0) is 61.9 Å². The van der Waals surface area contributed by atoms with E-state index in [1.54, 1.807) is 49.4 Å². The number of aryl methyl sites for hydroxylation is 2. The van der Waals surface area contributed by atoms with Crippen LogP contribution in [-0.2, 0) is 14.8 Å². The number of hydrogen-bond acceptors (Lipinski definition) is 4. The Morgan fingerprint density at radius 3 is 2.27 bits per heavy atom. The van der Waals surface area contributed by atoms with Crippen molar-refractivity contribution in [2.45, 2.75) is 18.7 Å². The highest BCUT2D eigenvalue weighted by Gasteiger charge is 2.28. The maximum atomic E-state index is 13.5. The van der Waals surface area contributed by atoms with Crippen LogP contribution in [0, 0.1) is 13.8 Å². The van der Waals surface area contributed by atoms with Gasteiger partial charge in [-0.25, -0.2) is 8.42 Å². The lowest BCUT2D eigenvalue weighted by Crippen LogP contribution is -2.43. The summed E-state index contributed by atoms with van der Waals surface area (Å²) in [7, 11) is -2.03. The molecule has 3 aromatic rings. The van der Waals surface area contributed by atoms with Crippen LogP contribution in [0.3, 0.4) is 0 Å². The predicted molar refractivity (Wildman–Crippen MR) is 135 cm³/mol. The molecule has 1 amide bonds. The molecular weight excluding hydrogens is 458 g/mol. The molecule has 0 atom stereocenters. The number of carbonyl (C=O) groups excluding carboxylic acids is 1. The number of rotatable bonds is 9. The Labute approximate surface area is 200 Å². The molecule has 33 heavy (non-hydrogen) atoms. The van der Waals surface area contributed by atoms with Crippen LogP contribution in [0.5, 0.6) is 0 Å². The van der Waals surface area contributed by atoms with Gasteiger partial charge in [0.2, 0.25) is 5.91 Å². The van der Waals surface area contributed by atoms with Crippen molar-refractivity contribution >= 4 is 38.9 Å². The molecule has 0 heterocycles. The fourth-order valence-corrected chi connectivity index (χ4v) is 5.11. The van der Waals surface area contributed by atoms with Crippen LogP contribution < -0.4 is 14.5 Å². The maximum absolute atomic E-state index is 13.5. The highest BCUT2D eigenvalue weighted by Crippen LogP contribution is 2.29. The van der Waals surface area contributed by atoms with E-state index in [2.05, 4.69) is 5.32 Å². The Morgan fingerprint density at radius 1 is 0.970 bits per heavy atom. The van der Waals surface area contributed by atoms with E-state index in [4.69, 9.17) is 11.6 Å². The van der Waals surface area contributed by atoms with Crippen molar-refractivity contribution in [3.63, 3.8) is 0 Å². The topological polar surface area (TPSA) is 69.7 Å². The minimum absolute atomic E-state index is 0.124. The van der Waals surface area contributed by atoms with Gasteiger partial charge in [-0.1, -0.05) is 47.5 Å². The molecule has 0 unspecified atom stereocenters. The molecule has 8 heteroatoms. The van der Waals surface area contributed by atoms with Crippen molar-refractivity contribution in [2.75, 3.05) is 35.9 Å². The van der Waals surface area contributed by atoms with Gasteiger partial charge < -0.3 is 10.2 Å². The zero-order valence-electron chi connectivity index (χ0n) is 19.0. The molecule has 0 bridgehead atoms. The molecule has 3 rings (SSSR count). The van der Waals surface area contributed by atoms with Crippen molar-refractivity contribution < 1.29 is 13.2 Å². The summed E-state index contributed by atoms with van der Waals surface area (Å²) in [5.74, 6) is -0.388. The number of sulfonamides is 1. The highest BCUT2D eigenvalue weighted by molar-refractivity contribution is 7.92. The largest absolute Gasteiger partial charge is 0.373 e. The highest BCUT2D eigenvalue weighted by atomic mass is 35.5. The molecular formula is C25H28ClN3O3S. The number of para-hydroxylation sites is 1. The van der Waals surface area contributed by atoms with Crippen LogP contribution in [-0.4, -0.2) is 41.0 Å². The second kappa shape index (κ2) is 10.7. The number of likely N-dealkylation sites (N-methyl/N-ethyl adjacent to an activating group) is 1. The average Bonchev–Trinajstić information content (AvgIpc) is 2.78. The van der Waals surface area contributed by atoms with Gasteiger partial charge in [0, 0.05) is 30.8 Å². The first-order valence-corrected chi connectivity index (χ1v) is 12.4. The lowest BCUT2D eigenvalue weighted by atomic mass is 10.2. The molecule has 0 aliphatic heterocycles. The molecule has 0 aliphatic rings. The fourth-order valence-electron chi connectivity index (χ4n) is 3.40. The Kier molecular flexibility index (Phi) is 8.00.